The van der Waals surface area contributed by atoms with E-state index in [1.165, 1.54) is 12.1 Å². The van der Waals surface area contributed by atoms with Gasteiger partial charge in [0.25, 0.3) is 0 Å². The van der Waals surface area contributed by atoms with Gasteiger partial charge in [0.2, 0.25) is 0 Å². The van der Waals surface area contributed by atoms with Crippen LogP contribution in [0.15, 0.2) is 42.6 Å². The van der Waals surface area contributed by atoms with E-state index >= 15 is 0 Å². The molecule has 0 unspecified atom stereocenters. The van der Waals surface area contributed by atoms with Crippen LogP contribution in [-0.2, 0) is 0 Å². The summed E-state index contributed by atoms with van der Waals surface area (Å²) in [5, 5.41) is 0. The fraction of sp³-hybridized carbons (Fsp3) is 0.214. The molecule has 2 heteroatoms. The zero-order valence-electron chi connectivity index (χ0n) is 9.87. The van der Waals surface area contributed by atoms with E-state index in [-0.39, 0.29) is 5.82 Å². The molecule has 0 fully saturated rings. The molecular weight excluding hydrogens is 201 g/mol. The van der Waals surface area contributed by atoms with Crippen LogP contribution in [0.4, 0.5) is 4.39 Å². The maximum atomic E-state index is 12.7. The number of aryl methyl sites for hydroxylation is 1. The molecule has 0 atom stereocenters. The summed E-state index contributed by atoms with van der Waals surface area (Å²) in [4.78, 5) is 4.18. The van der Waals surface area contributed by atoms with E-state index in [1.807, 2.05) is 32.9 Å². The smallest absolute Gasteiger partial charge is 0.123 e. The predicted molar refractivity (Wildman–Crippen MR) is 65.7 cm³/mol. The van der Waals surface area contributed by atoms with Crippen molar-refractivity contribution in [1.29, 1.82) is 0 Å². The van der Waals surface area contributed by atoms with Crippen LogP contribution in [0.2, 0.25) is 0 Å². The zero-order chi connectivity index (χ0) is 12.0. The van der Waals surface area contributed by atoms with Crippen LogP contribution >= 0.6 is 0 Å². The van der Waals surface area contributed by atoms with E-state index in [0.717, 1.165) is 16.8 Å². The first-order valence-corrected chi connectivity index (χ1v) is 5.45. The summed E-state index contributed by atoms with van der Waals surface area (Å²) in [7, 11) is 0. The van der Waals surface area contributed by atoms with Gasteiger partial charge in [-0.1, -0.05) is 32.0 Å². The summed E-state index contributed by atoms with van der Waals surface area (Å²) in [6, 6.07) is 10.3. The van der Waals surface area contributed by atoms with Crippen molar-refractivity contribution in [2.75, 3.05) is 0 Å². The monoisotopic (exact) mass is 217 g/mol. The molecule has 84 valence electrons. The number of hydrogen-bond acceptors (Lipinski definition) is 1. The van der Waals surface area contributed by atoms with E-state index in [1.54, 1.807) is 18.3 Å². The van der Waals surface area contributed by atoms with Crippen LogP contribution < -0.4 is 0 Å². The van der Waals surface area contributed by atoms with Crippen molar-refractivity contribution in [3.05, 3.63) is 54.1 Å². The van der Waals surface area contributed by atoms with E-state index in [2.05, 4.69) is 4.98 Å². The van der Waals surface area contributed by atoms with Crippen molar-refractivity contribution in [3.63, 3.8) is 0 Å². The van der Waals surface area contributed by atoms with E-state index < -0.39 is 0 Å². The number of rotatable bonds is 1. The minimum absolute atomic E-state index is 0.213. The third kappa shape index (κ3) is 2.89. The Hall–Kier alpha value is -1.70. The Bertz CT molecular complexity index is 435. The molecule has 0 saturated heterocycles. The molecule has 0 N–H and O–H groups in total. The standard InChI is InChI=1S/C12H10FN.C2H6/c1-9-12(3-2-8-14-9)10-4-6-11(13)7-5-10;1-2/h2-8H,1H3;1-2H3. The Kier molecular flexibility index (Phi) is 4.65. The van der Waals surface area contributed by atoms with Gasteiger partial charge in [-0.05, 0) is 30.7 Å². The molecule has 0 aliphatic rings. The molecule has 0 aliphatic carbocycles. The first-order chi connectivity index (χ1) is 7.77. The highest BCUT2D eigenvalue weighted by Gasteiger charge is 2.01. The van der Waals surface area contributed by atoms with Gasteiger partial charge in [0, 0.05) is 17.5 Å². The van der Waals surface area contributed by atoms with Gasteiger partial charge in [-0.15, -0.1) is 0 Å². The highest BCUT2D eigenvalue weighted by Crippen LogP contribution is 2.21. The molecule has 0 radical (unpaired) electrons. The first-order valence-electron chi connectivity index (χ1n) is 5.45. The molecule has 2 rings (SSSR count). The second-order valence-corrected chi connectivity index (χ2v) is 3.14. The molecule has 1 aromatic heterocycles. The fourth-order valence-electron chi connectivity index (χ4n) is 1.42. The minimum Gasteiger partial charge on any atom is -0.261 e. The summed E-state index contributed by atoms with van der Waals surface area (Å²) in [5.74, 6) is -0.213. The SMILES string of the molecule is CC.Cc1ncccc1-c1ccc(F)cc1. The Balaban J connectivity index is 0.000000606. The predicted octanol–water partition coefficient (Wildman–Crippen LogP) is 4.22. The quantitative estimate of drug-likeness (QED) is 0.696. The van der Waals surface area contributed by atoms with Gasteiger partial charge in [-0.25, -0.2) is 4.39 Å². The lowest BCUT2D eigenvalue weighted by Crippen LogP contribution is -1.86. The van der Waals surface area contributed by atoms with Crippen LogP contribution in [0.25, 0.3) is 11.1 Å². The number of nitrogens with zero attached hydrogens (tertiary/aromatic N) is 1. The van der Waals surface area contributed by atoms with Gasteiger partial charge in [-0.2, -0.15) is 0 Å². The summed E-state index contributed by atoms with van der Waals surface area (Å²) in [5.41, 5.74) is 3.00. The maximum Gasteiger partial charge on any atom is 0.123 e. The lowest BCUT2D eigenvalue weighted by molar-refractivity contribution is 0.628. The Morgan fingerprint density at radius 1 is 1.00 bits per heavy atom. The van der Waals surface area contributed by atoms with Gasteiger partial charge < -0.3 is 0 Å². The Labute approximate surface area is 96.0 Å². The van der Waals surface area contributed by atoms with Crippen LogP contribution in [0, 0.1) is 12.7 Å². The molecule has 0 amide bonds. The zero-order valence-corrected chi connectivity index (χ0v) is 9.87. The molecule has 16 heavy (non-hydrogen) atoms. The normalized spacial score (nSPS) is 9.25. The Morgan fingerprint density at radius 3 is 2.19 bits per heavy atom. The molecule has 0 aliphatic heterocycles. The summed E-state index contributed by atoms with van der Waals surface area (Å²) < 4.78 is 12.7. The molecule has 1 aromatic carbocycles. The summed E-state index contributed by atoms with van der Waals surface area (Å²) in [6.45, 7) is 5.94. The van der Waals surface area contributed by atoms with E-state index in [9.17, 15) is 4.39 Å². The average Bonchev–Trinajstić information content (AvgIpc) is 2.34. The largest absolute Gasteiger partial charge is 0.261 e. The second kappa shape index (κ2) is 6.01. The molecule has 0 spiro atoms. The molecule has 1 heterocycles. The number of aromatic nitrogens is 1. The van der Waals surface area contributed by atoms with Crippen molar-refractivity contribution >= 4 is 0 Å². The number of benzene rings is 1. The van der Waals surface area contributed by atoms with Gasteiger partial charge in [0.1, 0.15) is 5.82 Å². The van der Waals surface area contributed by atoms with Gasteiger partial charge >= 0.3 is 0 Å². The third-order valence-corrected chi connectivity index (χ3v) is 2.16. The molecular formula is C14H16FN. The van der Waals surface area contributed by atoms with E-state index in [4.69, 9.17) is 0 Å². The summed E-state index contributed by atoms with van der Waals surface area (Å²) in [6.07, 6.45) is 1.75. The van der Waals surface area contributed by atoms with E-state index in [0.29, 0.717) is 0 Å². The van der Waals surface area contributed by atoms with Crippen LogP contribution in [0.5, 0.6) is 0 Å². The molecule has 2 aromatic rings. The number of pyridine rings is 1. The van der Waals surface area contributed by atoms with Crippen molar-refractivity contribution in [1.82, 2.24) is 4.98 Å². The van der Waals surface area contributed by atoms with Crippen molar-refractivity contribution in [2.45, 2.75) is 20.8 Å². The van der Waals surface area contributed by atoms with Gasteiger partial charge in [0.15, 0.2) is 0 Å². The lowest BCUT2D eigenvalue weighted by Gasteiger charge is -2.03. The number of halogens is 1. The second-order valence-electron chi connectivity index (χ2n) is 3.14. The lowest BCUT2D eigenvalue weighted by atomic mass is 10.1. The van der Waals surface area contributed by atoms with Crippen LogP contribution in [-0.4, -0.2) is 4.98 Å². The number of hydrogen-bond donors (Lipinski definition) is 0. The highest BCUT2D eigenvalue weighted by molar-refractivity contribution is 5.65. The maximum absolute atomic E-state index is 12.7. The third-order valence-electron chi connectivity index (χ3n) is 2.16. The van der Waals surface area contributed by atoms with Crippen LogP contribution in [0.3, 0.4) is 0 Å². The molecule has 0 bridgehead atoms. The molecule has 0 saturated carbocycles. The Morgan fingerprint density at radius 2 is 1.62 bits per heavy atom. The fourth-order valence-corrected chi connectivity index (χ4v) is 1.42. The highest BCUT2D eigenvalue weighted by atomic mass is 19.1. The topological polar surface area (TPSA) is 12.9 Å². The van der Waals surface area contributed by atoms with Crippen molar-refractivity contribution in [3.8, 4) is 11.1 Å². The van der Waals surface area contributed by atoms with Crippen molar-refractivity contribution in [2.24, 2.45) is 0 Å². The van der Waals surface area contributed by atoms with Crippen LogP contribution in [0.1, 0.15) is 19.5 Å². The van der Waals surface area contributed by atoms with Gasteiger partial charge in [-0.3, -0.25) is 4.98 Å². The molecule has 1 nitrogen and oxygen atoms in total. The summed E-state index contributed by atoms with van der Waals surface area (Å²) >= 11 is 0. The minimum atomic E-state index is -0.213. The first kappa shape index (κ1) is 12.4. The average molecular weight is 217 g/mol. The van der Waals surface area contributed by atoms with Gasteiger partial charge in [0.05, 0.1) is 0 Å². The van der Waals surface area contributed by atoms with Crippen molar-refractivity contribution < 1.29 is 4.39 Å².